The van der Waals surface area contributed by atoms with Crippen LogP contribution in [0.5, 0.6) is 0 Å². The first-order valence-corrected chi connectivity index (χ1v) is 13.7. The van der Waals surface area contributed by atoms with E-state index in [1.807, 2.05) is 0 Å². The highest BCUT2D eigenvalue weighted by Crippen LogP contribution is 2.48. The molecule has 2 heteroatoms. The summed E-state index contributed by atoms with van der Waals surface area (Å²) in [5, 5.41) is 8.95. The van der Waals surface area contributed by atoms with Crippen LogP contribution in [0.15, 0.2) is 48.5 Å². The number of hydrogen-bond acceptors (Lipinski definition) is 0. The van der Waals surface area contributed by atoms with Crippen molar-refractivity contribution in [3.8, 4) is 0 Å². The molecule has 0 saturated heterocycles. The lowest BCUT2D eigenvalue weighted by Gasteiger charge is -2.29. The van der Waals surface area contributed by atoms with Gasteiger partial charge < -0.3 is 0 Å². The summed E-state index contributed by atoms with van der Waals surface area (Å²) >= 11 is 0. The van der Waals surface area contributed by atoms with Gasteiger partial charge in [-0.1, -0.05) is 108 Å². The first kappa shape index (κ1) is 21.7. The van der Waals surface area contributed by atoms with Gasteiger partial charge in [0.2, 0.25) is 0 Å². The lowest BCUT2D eigenvalue weighted by molar-refractivity contribution is 1.02. The van der Waals surface area contributed by atoms with Gasteiger partial charge in [-0.15, -0.1) is 0 Å². The summed E-state index contributed by atoms with van der Waals surface area (Å²) in [4.78, 5) is 0. The molecule has 0 unspecified atom stereocenters. The van der Waals surface area contributed by atoms with E-state index in [1.54, 1.807) is 10.6 Å². The molecule has 0 nitrogen and oxygen atoms in total. The van der Waals surface area contributed by atoms with Gasteiger partial charge in [0.1, 0.15) is 0 Å². The summed E-state index contributed by atoms with van der Waals surface area (Å²) in [7, 11) is -0.347. The molecule has 0 saturated carbocycles. The van der Waals surface area contributed by atoms with Crippen LogP contribution in [0, 0.1) is 0 Å². The molecule has 0 bridgehead atoms. The second-order valence-electron chi connectivity index (χ2n) is 9.04. The van der Waals surface area contributed by atoms with E-state index in [0.29, 0.717) is 22.6 Å². The number of benzene rings is 3. The summed E-state index contributed by atoms with van der Waals surface area (Å²) in [6.07, 6.45) is 0. The van der Waals surface area contributed by atoms with Crippen molar-refractivity contribution in [1.82, 2.24) is 0 Å². The third-order valence-corrected chi connectivity index (χ3v) is 12.0. The van der Waals surface area contributed by atoms with Crippen LogP contribution in [-0.4, -0.2) is 22.6 Å². The van der Waals surface area contributed by atoms with Gasteiger partial charge in [0.15, 0.2) is 0 Å². The second-order valence-corrected chi connectivity index (χ2v) is 15.8. The summed E-state index contributed by atoms with van der Waals surface area (Å²) < 4.78 is 0. The maximum Gasteiger partial charge on any atom is -0.0100 e. The molecular formula is C26H36P2. The van der Waals surface area contributed by atoms with Crippen molar-refractivity contribution in [2.75, 3.05) is 0 Å². The summed E-state index contributed by atoms with van der Waals surface area (Å²) in [5.74, 6) is 0. The predicted molar refractivity (Wildman–Crippen MR) is 135 cm³/mol. The summed E-state index contributed by atoms with van der Waals surface area (Å²) in [5.41, 5.74) is 2.81. The van der Waals surface area contributed by atoms with Crippen LogP contribution in [-0.2, 0) is 0 Å². The van der Waals surface area contributed by atoms with Gasteiger partial charge in [-0.3, -0.25) is 0 Å². The van der Waals surface area contributed by atoms with E-state index in [9.17, 15) is 0 Å². The smallest absolute Gasteiger partial charge is 0.0100 e. The van der Waals surface area contributed by atoms with E-state index < -0.39 is 0 Å². The highest BCUT2D eigenvalue weighted by Gasteiger charge is 2.23. The Morgan fingerprint density at radius 2 is 0.857 bits per heavy atom. The van der Waals surface area contributed by atoms with Crippen LogP contribution in [0.25, 0.3) is 21.5 Å². The average molecular weight is 411 g/mol. The Morgan fingerprint density at radius 3 is 1.18 bits per heavy atom. The van der Waals surface area contributed by atoms with Gasteiger partial charge in [-0.05, 0) is 66.9 Å². The minimum Gasteiger partial charge on any atom is -0.0694 e. The molecular weight excluding hydrogens is 374 g/mol. The highest BCUT2D eigenvalue weighted by atomic mass is 31.1. The third kappa shape index (κ3) is 4.15. The van der Waals surface area contributed by atoms with Crippen LogP contribution in [0.3, 0.4) is 0 Å². The average Bonchev–Trinajstić information content (AvgIpc) is 2.59. The molecule has 0 heterocycles. The normalized spacial score (nSPS) is 12.8. The van der Waals surface area contributed by atoms with E-state index in [-0.39, 0.29) is 15.8 Å². The summed E-state index contributed by atoms with van der Waals surface area (Å²) in [6.45, 7) is 19.2. The van der Waals surface area contributed by atoms with Crippen LogP contribution in [0.1, 0.15) is 55.4 Å². The standard InChI is InChI=1S/C26H36P2/c1-17(2)27(18(3)4)25-13-9-11-21-15-22-12-10-14-26(24(22)16-23(21)25)28(19(5)6)20(7)8/h9-20H,1-8H3. The van der Waals surface area contributed by atoms with Gasteiger partial charge in [0.05, 0.1) is 0 Å². The van der Waals surface area contributed by atoms with Crippen LogP contribution < -0.4 is 10.6 Å². The lowest BCUT2D eigenvalue weighted by Crippen LogP contribution is -2.17. The maximum atomic E-state index is 2.54. The Bertz CT molecular complexity index is 862. The quantitative estimate of drug-likeness (QED) is 0.287. The van der Waals surface area contributed by atoms with Gasteiger partial charge in [0, 0.05) is 0 Å². The molecule has 3 rings (SSSR count). The molecule has 0 N–H and O–H groups in total. The Morgan fingerprint density at radius 1 is 0.500 bits per heavy atom. The third-order valence-electron chi connectivity index (χ3n) is 5.62. The highest BCUT2D eigenvalue weighted by molar-refractivity contribution is 7.67. The molecule has 0 aromatic heterocycles. The molecule has 3 aromatic carbocycles. The van der Waals surface area contributed by atoms with E-state index in [1.165, 1.54) is 21.5 Å². The number of rotatable bonds is 6. The van der Waals surface area contributed by atoms with Gasteiger partial charge in [-0.2, -0.15) is 0 Å². The lowest BCUT2D eigenvalue weighted by atomic mass is 10.0. The summed E-state index contributed by atoms with van der Waals surface area (Å²) in [6, 6.07) is 18.9. The Kier molecular flexibility index (Phi) is 6.84. The Balaban J connectivity index is 2.33. The van der Waals surface area contributed by atoms with E-state index in [4.69, 9.17) is 0 Å². The molecule has 0 aliphatic carbocycles. The maximum absolute atomic E-state index is 2.54. The predicted octanol–water partition coefficient (Wildman–Crippen LogP) is 7.84. The van der Waals surface area contributed by atoms with Gasteiger partial charge >= 0.3 is 0 Å². The first-order valence-electron chi connectivity index (χ1n) is 10.7. The number of hydrogen-bond donors (Lipinski definition) is 0. The molecule has 0 spiro atoms. The SMILES string of the molecule is CC(C)P(c1cccc2cc3cccc(P(C(C)C)C(C)C)c3cc12)C(C)C. The molecule has 0 aliphatic heterocycles. The Labute approximate surface area is 174 Å². The zero-order valence-electron chi connectivity index (χ0n) is 18.8. The van der Waals surface area contributed by atoms with Crippen LogP contribution in [0.4, 0.5) is 0 Å². The van der Waals surface area contributed by atoms with Gasteiger partial charge in [-0.25, -0.2) is 0 Å². The second kappa shape index (κ2) is 8.81. The van der Waals surface area contributed by atoms with E-state index in [2.05, 4.69) is 104 Å². The topological polar surface area (TPSA) is 0 Å². The Hall–Kier alpha value is -0.960. The van der Waals surface area contributed by atoms with Crippen molar-refractivity contribution in [3.63, 3.8) is 0 Å². The van der Waals surface area contributed by atoms with E-state index >= 15 is 0 Å². The molecule has 0 aliphatic rings. The van der Waals surface area contributed by atoms with Gasteiger partial charge in [0.25, 0.3) is 0 Å². The van der Waals surface area contributed by atoms with Crippen molar-refractivity contribution < 1.29 is 0 Å². The zero-order chi connectivity index (χ0) is 20.6. The zero-order valence-corrected chi connectivity index (χ0v) is 20.6. The monoisotopic (exact) mass is 410 g/mol. The fraction of sp³-hybridized carbons (Fsp3) is 0.462. The van der Waals surface area contributed by atoms with Crippen LogP contribution in [0.2, 0.25) is 0 Å². The minimum atomic E-state index is -0.174. The van der Waals surface area contributed by atoms with E-state index in [0.717, 1.165) is 0 Å². The van der Waals surface area contributed by atoms with Crippen molar-refractivity contribution in [3.05, 3.63) is 48.5 Å². The fourth-order valence-corrected chi connectivity index (χ4v) is 10.8. The minimum absolute atomic E-state index is 0.174. The first-order chi connectivity index (χ1) is 13.2. The molecule has 0 radical (unpaired) electrons. The molecule has 3 aromatic rings. The van der Waals surface area contributed by atoms with Crippen molar-refractivity contribution in [1.29, 1.82) is 0 Å². The largest absolute Gasteiger partial charge is 0.0694 e. The molecule has 0 fully saturated rings. The fourth-order valence-electron chi connectivity index (χ4n) is 4.77. The molecule has 28 heavy (non-hydrogen) atoms. The molecule has 0 atom stereocenters. The van der Waals surface area contributed by atoms with Crippen molar-refractivity contribution in [2.24, 2.45) is 0 Å². The number of fused-ring (bicyclic) bond motifs is 2. The molecule has 0 amide bonds. The van der Waals surface area contributed by atoms with Crippen molar-refractivity contribution >= 4 is 48.0 Å². The van der Waals surface area contributed by atoms with Crippen LogP contribution >= 0.6 is 15.8 Å². The molecule has 150 valence electrons. The van der Waals surface area contributed by atoms with Crippen molar-refractivity contribution in [2.45, 2.75) is 78.0 Å².